The smallest absolute Gasteiger partial charge is 0.242 e. The van der Waals surface area contributed by atoms with Gasteiger partial charge in [-0.1, -0.05) is 32.3 Å². The number of nitrogens with one attached hydrogen (secondary N) is 1. The molecule has 2 heterocycles. The third-order valence-electron chi connectivity index (χ3n) is 4.36. The Hall–Kier alpha value is -1.36. The maximum atomic E-state index is 12.5. The number of hydrogen-bond donors (Lipinski definition) is 1. The Balaban J connectivity index is 1.66. The fourth-order valence-electron chi connectivity index (χ4n) is 2.98. The number of anilines is 1. The fraction of sp³-hybridized carbons (Fsp3) is 0.750. The predicted molar refractivity (Wildman–Crippen MR) is 81.2 cm³/mol. The number of carbonyl (C=O) groups is 1. The molecule has 1 amide bonds. The molecule has 21 heavy (non-hydrogen) atoms. The number of amides is 1. The van der Waals surface area contributed by atoms with E-state index in [-0.39, 0.29) is 17.4 Å². The number of rotatable bonds is 3. The molecule has 1 atom stereocenters. The van der Waals surface area contributed by atoms with E-state index in [1.165, 1.54) is 19.3 Å². The van der Waals surface area contributed by atoms with Crippen LogP contribution in [0.25, 0.3) is 0 Å². The summed E-state index contributed by atoms with van der Waals surface area (Å²) in [6.45, 7) is 7.24. The van der Waals surface area contributed by atoms with E-state index in [0.29, 0.717) is 11.9 Å². The summed E-state index contributed by atoms with van der Waals surface area (Å²) in [6.07, 6.45) is 5.77. The topological polar surface area (TPSA) is 58.4 Å². The second kappa shape index (κ2) is 5.44. The quantitative estimate of drug-likeness (QED) is 0.930. The standard InChI is InChI=1S/C16H25N3O2/c1-16(2,3)13-10-14(18-21-13)17-15(20)12-6-4-5-9-19(12)11-7-8-11/h10-12H,4-9H2,1-3H3,(H,17,18,20)/t12-/m0/s1. The predicted octanol–water partition coefficient (Wildman–Crippen LogP) is 2.93. The number of nitrogens with zero attached hydrogens (tertiary/aromatic N) is 2. The summed E-state index contributed by atoms with van der Waals surface area (Å²) in [5.41, 5.74) is -0.0964. The molecular weight excluding hydrogens is 266 g/mol. The zero-order valence-electron chi connectivity index (χ0n) is 13.2. The largest absolute Gasteiger partial charge is 0.359 e. The second-order valence-corrected chi connectivity index (χ2v) is 7.30. The first kappa shape index (κ1) is 14.6. The first-order valence-corrected chi connectivity index (χ1v) is 7.99. The zero-order chi connectivity index (χ0) is 15.0. The van der Waals surface area contributed by atoms with Crippen LogP contribution in [0.5, 0.6) is 0 Å². The minimum Gasteiger partial charge on any atom is -0.359 e. The Labute approximate surface area is 126 Å². The lowest BCUT2D eigenvalue weighted by atomic mass is 9.93. The average Bonchev–Trinajstić information content (AvgIpc) is 3.17. The van der Waals surface area contributed by atoms with Crippen molar-refractivity contribution >= 4 is 11.7 Å². The van der Waals surface area contributed by atoms with Crippen LogP contribution in [0.15, 0.2) is 10.6 Å². The molecule has 5 nitrogen and oxygen atoms in total. The van der Waals surface area contributed by atoms with Crippen LogP contribution in [0, 0.1) is 0 Å². The van der Waals surface area contributed by atoms with Crippen molar-refractivity contribution in [3.8, 4) is 0 Å². The molecule has 2 aliphatic rings. The molecule has 5 heteroatoms. The molecule has 0 unspecified atom stereocenters. The maximum Gasteiger partial charge on any atom is 0.242 e. The summed E-state index contributed by atoms with van der Waals surface area (Å²) in [4.78, 5) is 14.9. The first-order chi connectivity index (χ1) is 9.95. The Morgan fingerprint density at radius 1 is 1.33 bits per heavy atom. The third kappa shape index (κ3) is 3.28. The SMILES string of the molecule is CC(C)(C)c1cc(NC(=O)[C@@H]2CCCCN2C2CC2)no1. The van der Waals surface area contributed by atoms with Gasteiger partial charge in [0.05, 0.1) is 6.04 Å². The summed E-state index contributed by atoms with van der Waals surface area (Å²) in [5.74, 6) is 1.39. The van der Waals surface area contributed by atoms with Gasteiger partial charge >= 0.3 is 0 Å². The molecule has 0 spiro atoms. The Kier molecular flexibility index (Phi) is 3.78. The van der Waals surface area contributed by atoms with Crippen molar-refractivity contribution < 1.29 is 9.32 Å². The van der Waals surface area contributed by atoms with E-state index in [1.807, 2.05) is 6.07 Å². The highest BCUT2D eigenvalue weighted by Crippen LogP contribution is 2.33. The van der Waals surface area contributed by atoms with E-state index >= 15 is 0 Å². The van der Waals surface area contributed by atoms with Gasteiger partial charge in [0.1, 0.15) is 5.76 Å². The van der Waals surface area contributed by atoms with Crippen LogP contribution in [0.1, 0.15) is 58.6 Å². The van der Waals surface area contributed by atoms with Crippen LogP contribution < -0.4 is 5.32 Å². The summed E-state index contributed by atoms with van der Waals surface area (Å²) < 4.78 is 5.33. The molecule has 1 aromatic heterocycles. The highest BCUT2D eigenvalue weighted by Gasteiger charge is 2.38. The highest BCUT2D eigenvalue weighted by atomic mass is 16.5. The van der Waals surface area contributed by atoms with Crippen LogP contribution in [0.3, 0.4) is 0 Å². The minimum atomic E-state index is -0.0964. The van der Waals surface area contributed by atoms with Crippen LogP contribution in [-0.4, -0.2) is 34.6 Å². The van der Waals surface area contributed by atoms with Gasteiger partial charge in [0.25, 0.3) is 0 Å². The molecule has 0 radical (unpaired) electrons. The van der Waals surface area contributed by atoms with Crippen LogP contribution >= 0.6 is 0 Å². The monoisotopic (exact) mass is 291 g/mol. The van der Waals surface area contributed by atoms with Gasteiger partial charge in [0, 0.05) is 17.5 Å². The molecule has 1 aliphatic heterocycles. The van der Waals surface area contributed by atoms with Gasteiger partial charge in [-0.15, -0.1) is 0 Å². The summed E-state index contributed by atoms with van der Waals surface area (Å²) in [6, 6.07) is 2.46. The molecule has 0 bridgehead atoms. The maximum absolute atomic E-state index is 12.5. The van der Waals surface area contributed by atoms with Crippen LogP contribution in [-0.2, 0) is 10.2 Å². The van der Waals surface area contributed by atoms with Crippen molar-refractivity contribution in [2.24, 2.45) is 0 Å². The molecule has 1 saturated carbocycles. The van der Waals surface area contributed by atoms with Crippen molar-refractivity contribution in [3.05, 3.63) is 11.8 Å². The summed E-state index contributed by atoms with van der Waals surface area (Å²) in [7, 11) is 0. The van der Waals surface area contributed by atoms with E-state index in [9.17, 15) is 4.79 Å². The number of piperidine rings is 1. The normalized spacial score (nSPS) is 24.0. The molecule has 1 aliphatic carbocycles. The molecule has 2 fully saturated rings. The molecule has 116 valence electrons. The van der Waals surface area contributed by atoms with Gasteiger partial charge in [-0.2, -0.15) is 0 Å². The third-order valence-corrected chi connectivity index (χ3v) is 4.36. The first-order valence-electron chi connectivity index (χ1n) is 7.99. The van der Waals surface area contributed by atoms with Gasteiger partial charge in [0.15, 0.2) is 5.82 Å². The molecular formula is C16H25N3O2. The minimum absolute atomic E-state index is 0.000960. The highest BCUT2D eigenvalue weighted by molar-refractivity contribution is 5.94. The number of hydrogen-bond acceptors (Lipinski definition) is 4. The van der Waals surface area contributed by atoms with Crippen molar-refractivity contribution in [3.63, 3.8) is 0 Å². The van der Waals surface area contributed by atoms with Crippen molar-refractivity contribution in [1.82, 2.24) is 10.1 Å². The summed E-state index contributed by atoms with van der Waals surface area (Å²) >= 11 is 0. The van der Waals surface area contributed by atoms with Crippen molar-refractivity contribution in [2.75, 3.05) is 11.9 Å². The van der Waals surface area contributed by atoms with Gasteiger partial charge in [-0.25, -0.2) is 0 Å². The van der Waals surface area contributed by atoms with Gasteiger partial charge < -0.3 is 9.84 Å². The Bertz CT molecular complexity index is 514. The number of aromatic nitrogens is 1. The van der Waals surface area contributed by atoms with E-state index in [2.05, 4.69) is 36.1 Å². The Morgan fingerprint density at radius 2 is 2.10 bits per heavy atom. The molecule has 1 saturated heterocycles. The number of likely N-dealkylation sites (tertiary alicyclic amines) is 1. The fourth-order valence-corrected chi connectivity index (χ4v) is 2.98. The Morgan fingerprint density at radius 3 is 2.71 bits per heavy atom. The van der Waals surface area contributed by atoms with Crippen molar-refractivity contribution in [2.45, 2.75) is 70.4 Å². The number of carbonyl (C=O) groups excluding carboxylic acids is 1. The van der Waals surface area contributed by atoms with E-state index in [0.717, 1.165) is 25.1 Å². The zero-order valence-corrected chi connectivity index (χ0v) is 13.2. The second-order valence-electron chi connectivity index (χ2n) is 7.30. The molecule has 1 aromatic rings. The van der Waals surface area contributed by atoms with E-state index < -0.39 is 0 Å². The molecule has 0 aromatic carbocycles. The molecule has 1 N–H and O–H groups in total. The lowest BCUT2D eigenvalue weighted by Crippen LogP contribution is -2.48. The summed E-state index contributed by atoms with van der Waals surface area (Å²) in [5, 5.41) is 6.91. The van der Waals surface area contributed by atoms with Gasteiger partial charge in [0.2, 0.25) is 5.91 Å². The average molecular weight is 291 g/mol. The lowest BCUT2D eigenvalue weighted by Gasteiger charge is -2.34. The lowest BCUT2D eigenvalue weighted by molar-refractivity contribution is -0.122. The van der Waals surface area contributed by atoms with Crippen LogP contribution in [0.4, 0.5) is 5.82 Å². The van der Waals surface area contributed by atoms with Gasteiger partial charge in [-0.05, 0) is 32.2 Å². The van der Waals surface area contributed by atoms with E-state index in [1.54, 1.807) is 0 Å². The van der Waals surface area contributed by atoms with Gasteiger partial charge in [-0.3, -0.25) is 9.69 Å². The molecule has 3 rings (SSSR count). The van der Waals surface area contributed by atoms with Crippen molar-refractivity contribution in [1.29, 1.82) is 0 Å². The van der Waals surface area contributed by atoms with Crippen LogP contribution in [0.2, 0.25) is 0 Å². The van der Waals surface area contributed by atoms with E-state index in [4.69, 9.17) is 4.52 Å².